The van der Waals surface area contributed by atoms with Gasteiger partial charge >= 0.3 is 11.9 Å². The van der Waals surface area contributed by atoms with Gasteiger partial charge in [-0.1, -0.05) is 22.5 Å². The van der Waals surface area contributed by atoms with E-state index in [9.17, 15) is 9.59 Å². The molecule has 1 unspecified atom stereocenters. The first-order chi connectivity index (χ1) is 5.93. The average molecular weight is 251 g/mol. The first kappa shape index (κ1) is 12.2. The van der Waals surface area contributed by atoms with Crippen molar-refractivity contribution in [3.8, 4) is 0 Å². The third-order valence-corrected chi connectivity index (χ3v) is 1.61. The van der Waals surface area contributed by atoms with Crippen molar-refractivity contribution >= 4 is 27.9 Å². The topological polar surface area (TPSA) is 52.6 Å². The molecule has 0 amide bonds. The van der Waals surface area contributed by atoms with E-state index in [2.05, 4.69) is 27.2 Å². The zero-order chi connectivity index (χ0) is 10.4. The number of carbonyl (C=O) groups is 2. The Morgan fingerprint density at radius 1 is 1.38 bits per heavy atom. The molecule has 74 valence electrons. The molecule has 4 nitrogen and oxygen atoms in total. The molecule has 0 heterocycles. The van der Waals surface area contributed by atoms with E-state index in [-0.39, 0.29) is 6.61 Å². The summed E-state index contributed by atoms with van der Waals surface area (Å²) in [5, 5.41) is 0. The molecule has 13 heavy (non-hydrogen) atoms. The first-order valence-electron chi connectivity index (χ1n) is 3.58. The van der Waals surface area contributed by atoms with E-state index in [0.29, 0.717) is 4.48 Å². The molecule has 1 atom stereocenters. The number of hydrogen-bond donors (Lipinski definition) is 0. The summed E-state index contributed by atoms with van der Waals surface area (Å²) in [7, 11) is 0. The van der Waals surface area contributed by atoms with Crippen molar-refractivity contribution in [2.75, 3.05) is 6.61 Å². The molecule has 5 heteroatoms. The lowest BCUT2D eigenvalue weighted by molar-refractivity contribution is -0.153. The van der Waals surface area contributed by atoms with E-state index in [0.717, 1.165) is 0 Å². The molecule has 0 aromatic carbocycles. The third-order valence-electron chi connectivity index (χ3n) is 1.10. The van der Waals surface area contributed by atoms with Gasteiger partial charge < -0.3 is 9.47 Å². The summed E-state index contributed by atoms with van der Waals surface area (Å²) in [6.45, 7) is 6.07. The summed E-state index contributed by atoms with van der Waals surface area (Å²) in [6, 6.07) is 0. The molecule has 0 aliphatic carbocycles. The molecule has 0 fully saturated rings. The van der Waals surface area contributed by atoms with Crippen LogP contribution < -0.4 is 0 Å². The highest BCUT2D eigenvalue weighted by Gasteiger charge is 2.15. The largest absolute Gasteiger partial charge is 0.462 e. The van der Waals surface area contributed by atoms with Gasteiger partial charge in [-0.15, -0.1) is 0 Å². The third kappa shape index (κ3) is 6.33. The molecule has 0 bridgehead atoms. The van der Waals surface area contributed by atoms with Gasteiger partial charge in [-0.25, -0.2) is 0 Å². The van der Waals surface area contributed by atoms with Crippen molar-refractivity contribution in [1.29, 1.82) is 0 Å². The van der Waals surface area contributed by atoms with Crippen molar-refractivity contribution in [2.45, 2.75) is 20.0 Å². The van der Waals surface area contributed by atoms with Crippen LogP contribution in [-0.2, 0) is 19.1 Å². The predicted octanol–water partition coefficient (Wildman–Crippen LogP) is 1.39. The Morgan fingerprint density at radius 2 is 1.92 bits per heavy atom. The molecule has 0 radical (unpaired) electrons. The number of halogens is 1. The van der Waals surface area contributed by atoms with E-state index in [4.69, 9.17) is 4.74 Å². The molecule has 0 aromatic rings. The molecule has 0 N–H and O–H groups in total. The number of esters is 2. The summed E-state index contributed by atoms with van der Waals surface area (Å²) in [6.07, 6.45) is -0.624. The Morgan fingerprint density at radius 3 is 2.23 bits per heavy atom. The zero-order valence-corrected chi connectivity index (χ0v) is 9.09. The normalized spacial score (nSPS) is 11.6. The highest BCUT2D eigenvalue weighted by molar-refractivity contribution is 9.11. The SMILES string of the molecule is C=C(Br)C(COC(C)=O)OC(C)=O. The molecular weight excluding hydrogens is 240 g/mol. The van der Waals surface area contributed by atoms with E-state index in [1.807, 2.05) is 0 Å². The molecule has 0 aliphatic rings. The van der Waals surface area contributed by atoms with E-state index in [1.165, 1.54) is 13.8 Å². The average Bonchev–Trinajstić information content (AvgIpc) is 1.96. The molecule has 0 saturated heterocycles. The van der Waals surface area contributed by atoms with Crippen LogP contribution in [0.1, 0.15) is 13.8 Å². The van der Waals surface area contributed by atoms with Crippen LogP contribution in [0.25, 0.3) is 0 Å². The Hall–Kier alpha value is -0.840. The van der Waals surface area contributed by atoms with E-state index >= 15 is 0 Å². The van der Waals surface area contributed by atoms with Gasteiger partial charge in [-0.3, -0.25) is 9.59 Å². The fourth-order valence-electron chi connectivity index (χ4n) is 0.582. The van der Waals surface area contributed by atoms with Gasteiger partial charge in [0.15, 0.2) is 6.10 Å². The summed E-state index contributed by atoms with van der Waals surface area (Å²) in [5.41, 5.74) is 0. The van der Waals surface area contributed by atoms with Crippen molar-refractivity contribution in [1.82, 2.24) is 0 Å². The van der Waals surface area contributed by atoms with Gasteiger partial charge in [0.1, 0.15) is 6.61 Å². The van der Waals surface area contributed by atoms with Crippen LogP contribution >= 0.6 is 15.9 Å². The van der Waals surface area contributed by atoms with Gasteiger partial charge in [0.25, 0.3) is 0 Å². The second-order valence-corrected chi connectivity index (χ2v) is 3.37. The fraction of sp³-hybridized carbons (Fsp3) is 0.500. The number of ether oxygens (including phenoxy) is 2. The number of carbonyl (C=O) groups excluding carboxylic acids is 2. The smallest absolute Gasteiger partial charge is 0.303 e. The summed E-state index contributed by atoms with van der Waals surface area (Å²) in [4.78, 5) is 21.0. The van der Waals surface area contributed by atoms with Crippen LogP contribution in [0.4, 0.5) is 0 Å². The number of rotatable bonds is 4. The van der Waals surface area contributed by atoms with E-state index < -0.39 is 18.0 Å². The summed E-state index contributed by atoms with van der Waals surface area (Å²) in [5.74, 6) is -0.872. The molecule has 0 aromatic heterocycles. The van der Waals surface area contributed by atoms with Gasteiger partial charge in [0, 0.05) is 18.3 Å². The van der Waals surface area contributed by atoms with Crippen LogP contribution in [0.5, 0.6) is 0 Å². The lowest BCUT2D eigenvalue weighted by Gasteiger charge is -2.14. The Bertz CT molecular complexity index is 224. The van der Waals surface area contributed by atoms with Crippen molar-refractivity contribution < 1.29 is 19.1 Å². The Kier molecular flexibility index (Phi) is 5.37. The maximum absolute atomic E-state index is 10.6. The lowest BCUT2D eigenvalue weighted by atomic mass is 10.4. The minimum absolute atomic E-state index is 0.0149. The highest BCUT2D eigenvalue weighted by atomic mass is 79.9. The Balaban J connectivity index is 4.02. The first-order valence-corrected chi connectivity index (χ1v) is 4.37. The van der Waals surface area contributed by atoms with Gasteiger partial charge in [0.05, 0.1) is 0 Å². The maximum atomic E-state index is 10.6. The van der Waals surface area contributed by atoms with Gasteiger partial charge in [-0.2, -0.15) is 0 Å². The van der Waals surface area contributed by atoms with Crippen molar-refractivity contribution in [2.24, 2.45) is 0 Å². The van der Waals surface area contributed by atoms with Crippen molar-refractivity contribution in [3.63, 3.8) is 0 Å². The lowest BCUT2D eigenvalue weighted by Crippen LogP contribution is -2.23. The van der Waals surface area contributed by atoms with Crippen LogP contribution in [0.2, 0.25) is 0 Å². The minimum Gasteiger partial charge on any atom is -0.462 e. The van der Waals surface area contributed by atoms with Crippen molar-refractivity contribution in [3.05, 3.63) is 11.1 Å². The molecule has 0 saturated carbocycles. The second kappa shape index (κ2) is 5.75. The molecule has 0 spiro atoms. The summed E-state index contributed by atoms with van der Waals surface area (Å²) < 4.78 is 9.92. The van der Waals surface area contributed by atoms with Crippen LogP contribution in [0.3, 0.4) is 0 Å². The van der Waals surface area contributed by atoms with E-state index in [1.54, 1.807) is 0 Å². The molecular formula is C8H11BrO4. The van der Waals surface area contributed by atoms with Crippen LogP contribution in [0, 0.1) is 0 Å². The van der Waals surface area contributed by atoms with Gasteiger partial charge in [-0.05, 0) is 0 Å². The van der Waals surface area contributed by atoms with Gasteiger partial charge in [0.2, 0.25) is 0 Å². The molecule has 0 aliphatic heterocycles. The monoisotopic (exact) mass is 250 g/mol. The second-order valence-electron chi connectivity index (χ2n) is 2.35. The quantitative estimate of drug-likeness (QED) is 0.708. The fourth-order valence-corrected chi connectivity index (χ4v) is 0.807. The van der Waals surface area contributed by atoms with Crippen LogP contribution in [0.15, 0.2) is 11.1 Å². The minimum atomic E-state index is -0.624. The summed E-state index contributed by atoms with van der Waals surface area (Å²) >= 11 is 3.06. The Labute approximate surface area is 85.0 Å². The van der Waals surface area contributed by atoms with Crippen LogP contribution in [-0.4, -0.2) is 24.6 Å². The number of hydrogen-bond acceptors (Lipinski definition) is 4. The maximum Gasteiger partial charge on any atom is 0.303 e. The predicted molar refractivity (Wildman–Crippen MR) is 50.3 cm³/mol. The molecule has 0 rings (SSSR count). The standard InChI is InChI=1S/C8H11BrO4/c1-5(9)8(13-7(3)11)4-12-6(2)10/h8H,1,4H2,2-3H3. The highest BCUT2D eigenvalue weighted by Crippen LogP contribution is 2.12. The zero-order valence-electron chi connectivity index (χ0n) is 7.50.